The summed E-state index contributed by atoms with van der Waals surface area (Å²) in [6.07, 6.45) is 1.96. The number of aryl methyl sites for hydroxylation is 2. The first-order chi connectivity index (χ1) is 13.5. The summed E-state index contributed by atoms with van der Waals surface area (Å²) in [4.78, 5) is 12.1. The van der Waals surface area contributed by atoms with Crippen LogP contribution in [0.4, 0.5) is 8.78 Å². The smallest absolute Gasteiger partial charge is 0.191 e. The number of rotatable bonds is 5. The highest BCUT2D eigenvalue weighted by molar-refractivity contribution is 7.11. The van der Waals surface area contributed by atoms with Crippen molar-refractivity contribution >= 4 is 17.3 Å². The molecular weight excluding hydrogens is 380 g/mol. The fraction of sp³-hybridized carbons (Fsp3) is 0.500. The summed E-state index contributed by atoms with van der Waals surface area (Å²) < 4.78 is 27.9. The van der Waals surface area contributed by atoms with Crippen LogP contribution in [-0.2, 0) is 13.1 Å². The third-order valence-electron chi connectivity index (χ3n) is 4.99. The number of nitrogens with one attached hydrogen (secondary N) is 2. The zero-order chi connectivity index (χ0) is 20.1. The SMILES string of the molecule is CN=C(NCc1nc(C)c(C)s1)NC1CCCN(Cc2c(F)cccc2F)C1. The number of guanidine groups is 1. The average molecular weight is 408 g/mol. The van der Waals surface area contributed by atoms with E-state index in [4.69, 9.17) is 0 Å². The summed E-state index contributed by atoms with van der Waals surface area (Å²) >= 11 is 1.68. The van der Waals surface area contributed by atoms with Gasteiger partial charge in [-0.1, -0.05) is 6.07 Å². The molecule has 2 heterocycles. The van der Waals surface area contributed by atoms with E-state index in [9.17, 15) is 8.78 Å². The molecule has 5 nitrogen and oxygen atoms in total. The highest BCUT2D eigenvalue weighted by Gasteiger charge is 2.22. The Morgan fingerprint density at radius 1 is 1.32 bits per heavy atom. The number of aromatic nitrogens is 1. The molecule has 0 spiro atoms. The molecule has 1 aliphatic rings. The van der Waals surface area contributed by atoms with Gasteiger partial charge in [0.05, 0.1) is 12.2 Å². The number of aliphatic imine (C=N–C) groups is 1. The zero-order valence-electron chi connectivity index (χ0n) is 16.6. The number of nitrogens with zero attached hydrogens (tertiary/aromatic N) is 3. The van der Waals surface area contributed by atoms with E-state index in [0.29, 0.717) is 13.1 Å². The van der Waals surface area contributed by atoms with Gasteiger partial charge in [-0.05, 0) is 45.4 Å². The molecule has 0 saturated carbocycles. The lowest BCUT2D eigenvalue weighted by Crippen LogP contribution is -2.50. The van der Waals surface area contributed by atoms with Crippen molar-refractivity contribution in [3.05, 3.63) is 51.0 Å². The number of hydrogen-bond acceptors (Lipinski definition) is 4. The molecule has 1 aliphatic heterocycles. The van der Waals surface area contributed by atoms with Gasteiger partial charge in [0.25, 0.3) is 0 Å². The first kappa shape index (κ1) is 20.7. The van der Waals surface area contributed by atoms with Crippen LogP contribution >= 0.6 is 11.3 Å². The van der Waals surface area contributed by atoms with E-state index in [-0.39, 0.29) is 18.2 Å². The summed E-state index contributed by atoms with van der Waals surface area (Å²) in [5.74, 6) is -0.252. The second-order valence-corrected chi connectivity index (χ2v) is 8.38. The Balaban J connectivity index is 1.54. The Labute approximate surface area is 168 Å². The standard InChI is InChI=1S/C20H27F2N5S/c1-13-14(2)28-19(25-13)10-24-20(23-3)26-15-6-5-9-27(11-15)12-16-17(21)7-4-8-18(16)22/h4,7-8,15H,5-6,9-12H2,1-3H3,(H2,23,24,26). The highest BCUT2D eigenvalue weighted by Crippen LogP contribution is 2.19. The minimum absolute atomic E-state index is 0.139. The van der Waals surface area contributed by atoms with Gasteiger partial charge >= 0.3 is 0 Å². The lowest BCUT2D eigenvalue weighted by Gasteiger charge is -2.34. The van der Waals surface area contributed by atoms with Crippen molar-refractivity contribution in [3.63, 3.8) is 0 Å². The van der Waals surface area contributed by atoms with Gasteiger partial charge in [0, 0.05) is 36.6 Å². The van der Waals surface area contributed by atoms with Crippen molar-refractivity contribution in [2.45, 2.75) is 45.8 Å². The van der Waals surface area contributed by atoms with E-state index in [1.165, 1.54) is 23.1 Å². The number of likely N-dealkylation sites (tertiary alicyclic amines) is 1. The number of hydrogen-bond donors (Lipinski definition) is 2. The minimum atomic E-state index is -0.485. The number of benzene rings is 1. The molecule has 1 atom stereocenters. The number of halogens is 2. The maximum Gasteiger partial charge on any atom is 0.191 e. The van der Waals surface area contributed by atoms with E-state index in [1.807, 2.05) is 6.92 Å². The van der Waals surface area contributed by atoms with Gasteiger partial charge in [-0.3, -0.25) is 9.89 Å². The zero-order valence-corrected chi connectivity index (χ0v) is 17.4. The van der Waals surface area contributed by atoms with Crippen molar-refractivity contribution < 1.29 is 8.78 Å². The first-order valence-corrected chi connectivity index (χ1v) is 10.3. The Morgan fingerprint density at radius 2 is 2.07 bits per heavy atom. The van der Waals surface area contributed by atoms with Gasteiger partial charge < -0.3 is 10.6 Å². The first-order valence-electron chi connectivity index (χ1n) is 9.51. The lowest BCUT2D eigenvalue weighted by molar-refractivity contribution is 0.188. The molecule has 2 N–H and O–H groups in total. The lowest BCUT2D eigenvalue weighted by atomic mass is 10.0. The molecular formula is C20H27F2N5S. The van der Waals surface area contributed by atoms with Crippen molar-refractivity contribution in [2.75, 3.05) is 20.1 Å². The molecule has 0 radical (unpaired) electrons. The summed E-state index contributed by atoms with van der Waals surface area (Å²) in [6.45, 7) is 6.52. The molecule has 3 rings (SSSR count). The van der Waals surface area contributed by atoms with E-state index >= 15 is 0 Å². The molecule has 2 aromatic rings. The maximum atomic E-state index is 13.9. The molecule has 1 unspecified atom stereocenters. The molecule has 1 aromatic carbocycles. The predicted octanol–water partition coefficient (Wildman–Crippen LogP) is 3.37. The quantitative estimate of drug-likeness (QED) is 0.590. The Morgan fingerprint density at radius 3 is 2.71 bits per heavy atom. The minimum Gasteiger partial charge on any atom is -0.352 e. The van der Waals surface area contributed by atoms with E-state index in [2.05, 4.69) is 32.4 Å². The number of thiazole rings is 1. The summed E-state index contributed by atoms with van der Waals surface area (Å²) in [5.41, 5.74) is 1.20. The molecule has 1 aromatic heterocycles. The third kappa shape index (κ3) is 5.26. The van der Waals surface area contributed by atoms with E-state index in [1.54, 1.807) is 18.4 Å². The average Bonchev–Trinajstić information content (AvgIpc) is 3.00. The van der Waals surface area contributed by atoms with Crippen LogP contribution in [0.25, 0.3) is 0 Å². The van der Waals surface area contributed by atoms with Crippen LogP contribution in [0.2, 0.25) is 0 Å². The van der Waals surface area contributed by atoms with Gasteiger partial charge in [0.1, 0.15) is 16.6 Å². The van der Waals surface area contributed by atoms with Crippen molar-refractivity contribution in [1.82, 2.24) is 20.5 Å². The monoisotopic (exact) mass is 407 g/mol. The molecule has 1 fully saturated rings. The predicted molar refractivity (Wildman–Crippen MR) is 110 cm³/mol. The molecule has 0 amide bonds. The fourth-order valence-corrected chi connectivity index (χ4v) is 4.26. The second kappa shape index (κ2) is 9.43. The Hall–Kier alpha value is -2.06. The highest BCUT2D eigenvalue weighted by atomic mass is 32.1. The summed E-state index contributed by atoms with van der Waals surface area (Å²) in [6, 6.07) is 4.20. The van der Waals surface area contributed by atoms with E-state index < -0.39 is 11.6 Å². The molecule has 152 valence electrons. The van der Waals surface area contributed by atoms with Gasteiger partial charge in [-0.2, -0.15) is 0 Å². The van der Waals surface area contributed by atoms with Crippen LogP contribution < -0.4 is 10.6 Å². The van der Waals surface area contributed by atoms with Gasteiger partial charge in [0.15, 0.2) is 5.96 Å². The Kier molecular flexibility index (Phi) is 6.96. The van der Waals surface area contributed by atoms with Crippen molar-refractivity contribution in [2.24, 2.45) is 4.99 Å². The van der Waals surface area contributed by atoms with Crippen LogP contribution in [0.5, 0.6) is 0 Å². The van der Waals surface area contributed by atoms with Crippen LogP contribution in [0.15, 0.2) is 23.2 Å². The molecule has 8 heteroatoms. The molecule has 28 heavy (non-hydrogen) atoms. The van der Waals surface area contributed by atoms with Crippen LogP contribution in [0, 0.1) is 25.5 Å². The summed E-state index contributed by atoms with van der Waals surface area (Å²) in [5, 5.41) is 7.76. The number of piperidine rings is 1. The van der Waals surface area contributed by atoms with Gasteiger partial charge in [0.2, 0.25) is 0 Å². The van der Waals surface area contributed by atoms with Gasteiger partial charge in [-0.25, -0.2) is 13.8 Å². The van der Waals surface area contributed by atoms with Crippen LogP contribution in [0.3, 0.4) is 0 Å². The maximum absolute atomic E-state index is 13.9. The van der Waals surface area contributed by atoms with Crippen molar-refractivity contribution in [1.29, 1.82) is 0 Å². The van der Waals surface area contributed by atoms with Crippen molar-refractivity contribution in [3.8, 4) is 0 Å². The molecule has 1 saturated heterocycles. The molecule has 0 aliphatic carbocycles. The second-order valence-electron chi connectivity index (χ2n) is 7.09. The third-order valence-corrected chi connectivity index (χ3v) is 6.07. The van der Waals surface area contributed by atoms with Crippen LogP contribution in [-0.4, -0.2) is 42.0 Å². The van der Waals surface area contributed by atoms with Gasteiger partial charge in [-0.15, -0.1) is 11.3 Å². The summed E-state index contributed by atoms with van der Waals surface area (Å²) in [7, 11) is 1.74. The fourth-order valence-electron chi connectivity index (χ4n) is 3.39. The largest absolute Gasteiger partial charge is 0.352 e. The van der Waals surface area contributed by atoms with E-state index in [0.717, 1.165) is 36.0 Å². The normalized spacial score (nSPS) is 18.3. The van der Waals surface area contributed by atoms with Crippen LogP contribution in [0.1, 0.15) is 34.0 Å². The molecule has 0 bridgehead atoms. The Bertz CT molecular complexity index is 796. The topological polar surface area (TPSA) is 52.6 Å².